The molecular weight excluding hydrogens is 429 g/mol. The second kappa shape index (κ2) is 11.2. The van der Waals surface area contributed by atoms with Gasteiger partial charge in [0.15, 0.2) is 0 Å². The van der Waals surface area contributed by atoms with Crippen LogP contribution >= 0.6 is 0 Å². The van der Waals surface area contributed by atoms with Crippen LogP contribution in [0.25, 0.3) is 0 Å². The number of sulfonamides is 1. The van der Waals surface area contributed by atoms with E-state index >= 15 is 0 Å². The van der Waals surface area contributed by atoms with Gasteiger partial charge in [-0.3, -0.25) is 14.3 Å². The minimum Gasteiger partial charge on any atom is -0.491 e. The molecular formula is C20H28FN3O6S. The lowest BCUT2D eigenvalue weighted by molar-refractivity contribution is 0.0736. The Hall–Kier alpha value is -2.50. The molecule has 2 atom stereocenters. The van der Waals surface area contributed by atoms with Crippen LogP contribution in [0.3, 0.4) is 0 Å². The summed E-state index contributed by atoms with van der Waals surface area (Å²) in [6, 6.07) is 6.82. The van der Waals surface area contributed by atoms with Crippen molar-refractivity contribution < 1.29 is 22.3 Å². The molecule has 172 valence electrons. The molecule has 1 aromatic carbocycles. The third kappa shape index (κ3) is 7.93. The van der Waals surface area contributed by atoms with Crippen molar-refractivity contribution in [1.82, 2.24) is 14.3 Å². The van der Waals surface area contributed by atoms with E-state index in [9.17, 15) is 22.4 Å². The van der Waals surface area contributed by atoms with Gasteiger partial charge in [-0.25, -0.2) is 17.9 Å². The highest BCUT2D eigenvalue weighted by molar-refractivity contribution is 7.89. The van der Waals surface area contributed by atoms with Gasteiger partial charge in [0.25, 0.3) is 5.56 Å². The first-order valence-electron chi connectivity index (χ1n) is 9.95. The van der Waals surface area contributed by atoms with Crippen LogP contribution in [-0.2, 0) is 21.5 Å². The van der Waals surface area contributed by atoms with Gasteiger partial charge in [-0.2, -0.15) is 4.39 Å². The van der Waals surface area contributed by atoms with Gasteiger partial charge in [0.05, 0.1) is 18.1 Å². The summed E-state index contributed by atoms with van der Waals surface area (Å²) in [6.45, 7) is 5.45. The molecule has 31 heavy (non-hydrogen) atoms. The van der Waals surface area contributed by atoms with Crippen LogP contribution in [0.1, 0.15) is 45.2 Å². The number of ether oxygens (including phenoxy) is 2. The van der Waals surface area contributed by atoms with Crippen molar-refractivity contribution >= 4 is 10.0 Å². The van der Waals surface area contributed by atoms with Crippen molar-refractivity contribution in [2.75, 3.05) is 12.4 Å². The summed E-state index contributed by atoms with van der Waals surface area (Å²) in [4.78, 5) is 24.3. The molecule has 0 fully saturated rings. The molecule has 0 unspecified atom stereocenters. The summed E-state index contributed by atoms with van der Waals surface area (Å²) in [7, 11) is -3.58. The van der Waals surface area contributed by atoms with E-state index in [0.29, 0.717) is 5.75 Å². The van der Waals surface area contributed by atoms with Crippen molar-refractivity contribution in [1.29, 1.82) is 0 Å². The molecule has 2 N–H and O–H groups in total. The summed E-state index contributed by atoms with van der Waals surface area (Å²) in [5.41, 5.74) is -1.14. The molecule has 1 heterocycles. The minimum atomic E-state index is -3.58. The molecule has 2 aromatic rings. The van der Waals surface area contributed by atoms with Crippen molar-refractivity contribution in [2.45, 2.75) is 52.5 Å². The third-order valence-corrected chi connectivity index (χ3v) is 6.06. The molecule has 0 saturated carbocycles. The average Bonchev–Trinajstić information content (AvgIpc) is 2.71. The quantitative estimate of drug-likeness (QED) is 0.470. The number of aromatic nitrogens is 2. The van der Waals surface area contributed by atoms with Gasteiger partial charge >= 0.3 is 5.69 Å². The van der Waals surface area contributed by atoms with E-state index in [-0.39, 0.29) is 31.6 Å². The smallest absolute Gasteiger partial charge is 0.330 e. The number of nitrogens with one attached hydrogen (secondary N) is 2. The Morgan fingerprint density at radius 2 is 2.00 bits per heavy atom. The summed E-state index contributed by atoms with van der Waals surface area (Å²) < 4.78 is 52.3. The highest BCUT2D eigenvalue weighted by Gasteiger charge is 2.16. The Balaban J connectivity index is 1.82. The van der Waals surface area contributed by atoms with Gasteiger partial charge in [0.2, 0.25) is 15.8 Å². The van der Waals surface area contributed by atoms with Crippen LogP contribution in [-0.4, -0.2) is 36.4 Å². The van der Waals surface area contributed by atoms with Crippen molar-refractivity contribution in [3.05, 3.63) is 62.7 Å². The Morgan fingerprint density at radius 3 is 2.71 bits per heavy atom. The van der Waals surface area contributed by atoms with E-state index in [0.717, 1.165) is 22.7 Å². The standard InChI is InChI=1S/C20H28FN3O6S/c1-4-14(2)30-17-8-5-7-16(11-17)15(3)23-31(27,28)10-6-9-29-13-24-12-18(21)19(25)22-20(24)26/h5,7-8,11-12,14-15,23H,4,6,9-10,13H2,1-3H3,(H,22,25,26)/t14-,15+/m0/s1. The van der Waals surface area contributed by atoms with Crippen LogP contribution in [0, 0.1) is 5.82 Å². The second-order valence-corrected chi connectivity index (χ2v) is 9.04. The van der Waals surface area contributed by atoms with E-state index in [2.05, 4.69) is 4.72 Å². The normalized spacial score (nSPS) is 13.7. The molecule has 0 bridgehead atoms. The number of benzene rings is 1. The third-order valence-electron chi connectivity index (χ3n) is 4.53. The number of nitrogens with zero attached hydrogens (tertiary/aromatic N) is 1. The summed E-state index contributed by atoms with van der Waals surface area (Å²) in [5, 5.41) is 0. The minimum absolute atomic E-state index is 0.0285. The van der Waals surface area contributed by atoms with Crippen LogP contribution in [0.5, 0.6) is 5.75 Å². The first-order valence-corrected chi connectivity index (χ1v) is 11.6. The molecule has 0 aliphatic rings. The first-order chi connectivity index (χ1) is 14.6. The van der Waals surface area contributed by atoms with Crippen LogP contribution in [0.2, 0.25) is 0 Å². The molecule has 9 nitrogen and oxygen atoms in total. The van der Waals surface area contributed by atoms with Crippen LogP contribution in [0.4, 0.5) is 4.39 Å². The zero-order valence-corrected chi connectivity index (χ0v) is 18.6. The second-order valence-electron chi connectivity index (χ2n) is 7.16. The van der Waals surface area contributed by atoms with Gasteiger partial charge < -0.3 is 9.47 Å². The van der Waals surface area contributed by atoms with E-state index in [4.69, 9.17) is 9.47 Å². The van der Waals surface area contributed by atoms with Gasteiger partial charge in [0.1, 0.15) is 12.5 Å². The molecule has 0 radical (unpaired) electrons. The Morgan fingerprint density at radius 1 is 1.26 bits per heavy atom. The van der Waals surface area contributed by atoms with Gasteiger partial charge in [-0.1, -0.05) is 19.1 Å². The number of hydrogen-bond acceptors (Lipinski definition) is 6. The number of H-pyrrole nitrogens is 1. The van der Waals surface area contributed by atoms with Crippen molar-refractivity contribution in [3.63, 3.8) is 0 Å². The van der Waals surface area contributed by atoms with E-state index in [1.807, 2.05) is 43.1 Å². The number of halogens is 1. The molecule has 0 saturated heterocycles. The molecule has 0 aliphatic carbocycles. The van der Waals surface area contributed by atoms with E-state index in [1.165, 1.54) is 0 Å². The maximum atomic E-state index is 13.2. The van der Waals surface area contributed by atoms with Gasteiger partial charge in [0, 0.05) is 12.6 Å². The van der Waals surface area contributed by atoms with Crippen LogP contribution in [0.15, 0.2) is 40.1 Å². The van der Waals surface area contributed by atoms with Crippen molar-refractivity contribution in [2.24, 2.45) is 0 Å². The molecule has 1 aromatic heterocycles. The zero-order chi connectivity index (χ0) is 23.0. The fourth-order valence-electron chi connectivity index (χ4n) is 2.66. The predicted molar refractivity (Wildman–Crippen MR) is 114 cm³/mol. The van der Waals surface area contributed by atoms with Gasteiger partial charge in [-0.05, 0) is 44.4 Å². The highest BCUT2D eigenvalue weighted by Crippen LogP contribution is 2.21. The maximum Gasteiger partial charge on any atom is 0.330 e. The largest absolute Gasteiger partial charge is 0.491 e. The van der Waals surface area contributed by atoms with E-state index < -0.39 is 33.1 Å². The molecule has 2 rings (SSSR count). The number of hydrogen-bond donors (Lipinski definition) is 2. The predicted octanol–water partition coefficient (Wildman–Crippen LogP) is 1.90. The molecule has 11 heteroatoms. The summed E-state index contributed by atoms with van der Waals surface area (Å²) in [5.74, 6) is -0.613. The average molecular weight is 458 g/mol. The lowest BCUT2D eigenvalue weighted by atomic mass is 10.1. The lowest BCUT2D eigenvalue weighted by Gasteiger charge is -2.17. The fraction of sp³-hybridized carbons (Fsp3) is 0.500. The number of aromatic amines is 1. The fourth-order valence-corrected chi connectivity index (χ4v) is 3.95. The highest BCUT2D eigenvalue weighted by atomic mass is 32.2. The van der Waals surface area contributed by atoms with Crippen LogP contribution < -0.4 is 20.7 Å². The molecule has 0 amide bonds. The zero-order valence-electron chi connectivity index (χ0n) is 17.8. The van der Waals surface area contributed by atoms with Gasteiger partial charge in [-0.15, -0.1) is 0 Å². The monoisotopic (exact) mass is 457 g/mol. The Bertz CT molecular complexity index is 1080. The molecule has 0 spiro atoms. The topological polar surface area (TPSA) is 119 Å². The molecule has 0 aliphatic heterocycles. The Kier molecular flexibility index (Phi) is 8.96. The number of rotatable bonds is 12. The van der Waals surface area contributed by atoms with Crippen molar-refractivity contribution in [3.8, 4) is 5.75 Å². The maximum absolute atomic E-state index is 13.2. The summed E-state index contributed by atoms with van der Waals surface area (Å²) in [6.07, 6.45) is 1.83. The Labute approximate surface area is 180 Å². The van der Waals surface area contributed by atoms with E-state index in [1.54, 1.807) is 6.92 Å². The first kappa shape index (κ1) is 24.8. The SMILES string of the molecule is CC[C@H](C)Oc1cccc([C@@H](C)NS(=O)(=O)CCCOCn2cc(F)c(=O)[nH]c2=O)c1. The lowest BCUT2D eigenvalue weighted by Crippen LogP contribution is -2.32. The summed E-state index contributed by atoms with van der Waals surface area (Å²) >= 11 is 0.